The second kappa shape index (κ2) is 5.13. The molecule has 0 aliphatic rings. The van der Waals surface area contributed by atoms with Crippen molar-refractivity contribution in [3.63, 3.8) is 0 Å². The van der Waals surface area contributed by atoms with E-state index in [2.05, 4.69) is 31.3 Å². The number of nitrogens with one attached hydrogen (secondary N) is 2. The van der Waals surface area contributed by atoms with E-state index in [1.165, 1.54) is 0 Å². The van der Waals surface area contributed by atoms with Crippen LogP contribution in [0.25, 0.3) is 10.9 Å². The van der Waals surface area contributed by atoms with Crippen LogP contribution in [0.3, 0.4) is 0 Å². The van der Waals surface area contributed by atoms with E-state index in [0.29, 0.717) is 12.2 Å². The van der Waals surface area contributed by atoms with Crippen LogP contribution >= 0.6 is 15.9 Å². The van der Waals surface area contributed by atoms with Gasteiger partial charge in [0, 0.05) is 28.6 Å². The highest BCUT2D eigenvalue weighted by atomic mass is 79.9. The number of aromatic amines is 1. The maximum atomic E-state index is 12.1. The van der Waals surface area contributed by atoms with Crippen molar-refractivity contribution in [2.75, 3.05) is 0 Å². The van der Waals surface area contributed by atoms with E-state index in [-0.39, 0.29) is 5.91 Å². The minimum absolute atomic E-state index is 0.126. The lowest BCUT2D eigenvalue weighted by atomic mass is 10.2. The molecule has 0 unspecified atom stereocenters. The number of aromatic nitrogens is 3. The fraction of sp³-hybridized carbons (Fsp3) is 0.143. The monoisotopic (exact) mass is 332 g/mol. The lowest BCUT2D eigenvalue weighted by Crippen LogP contribution is -2.24. The first-order valence-corrected chi connectivity index (χ1v) is 6.96. The normalized spacial score (nSPS) is 10.9. The van der Waals surface area contributed by atoms with Crippen LogP contribution in [0.2, 0.25) is 0 Å². The first kappa shape index (κ1) is 12.9. The minimum atomic E-state index is -0.126. The Hall–Kier alpha value is -2.08. The van der Waals surface area contributed by atoms with Gasteiger partial charge in [-0.1, -0.05) is 15.9 Å². The number of nitrogens with zero attached hydrogens (tertiary/aromatic N) is 2. The number of fused-ring (bicyclic) bond motifs is 1. The maximum absolute atomic E-state index is 12.1. The third kappa shape index (κ3) is 2.46. The molecule has 0 bridgehead atoms. The molecule has 0 atom stereocenters. The van der Waals surface area contributed by atoms with Gasteiger partial charge in [-0.2, -0.15) is 5.10 Å². The maximum Gasteiger partial charge on any atom is 0.268 e. The summed E-state index contributed by atoms with van der Waals surface area (Å²) < 4.78 is 2.73. The van der Waals surface area contributed by atoms with Crippen LogP contribution in [0.1, 0.15) is 16.2 Å². The summed E-state index contributed by atoms with van der Waals surface area (Å²) in [5, 5.41) is 7.94. The average molecular weight is 333 g/mol. The molecule has 0 aliphatic heterocycles. The number of halogens is 1. The van der Waals surface area contributed by atoms with Crippen molar-refractivity contribution < 1.29 is 4.79 Å². The van der Waals surface area contributed by atoms with Crippen LogP contribution in [0.5, 0.6) is 0 Å². The Balaban J connectivity index is 1.77. The second-order valence-corrected chi connectivity index (χ2v) is 5.46. The Morgan fingerprint density at radius 1 is 1.40 bits per heavy atom. The van der Waals surface area contributed by atoms with Gasteiger partial charge in [0.2, 0.25) is 0 Å². The summed E-state index contributed by atoms with van der Waals surface area (Å²) >= 11 is 3.42. The lowest BCUT2D eigenvalue weighted by Gasteiger charge is -2.03. The van der Waals surface area contributed by atoms with E-state index < -0.39 is 0 Å². The fourth-order valence-corrected chi connectivity index (χ4v) is 2.45. The zero-order chi connectivity index (χ0) is 14.1. The van der Waals surface area contributed by atoms with Crippen molar-refractivity contribution in [1.29, 1.82) is 0 Å². The Morgan fingerprint density at radius 2 is 2.25 bits per heavy atom. The van der Waals surface area contributed by atoms with Gasteiger partial charge in [0.1, 0.15) is 5.69 Å². The molecule has 1 amide bonds. The fourth-order valence-electron chi connectivity index (χ4n) is 2.07. The molecule has 102 valence electrons. The van der Waals surface area contributed by atoms with Crippen molar-refractivity contribution in [2.24, 2.45) is 7.05 Å². The molecule has 2 N–H and O–H groups in total. The van der Waals surface area contributed by atoms with Gasteiger partial charge in [-0.15, -0.1) is 0 Å². The van der Waals surface area contributed by atoms with E-state index >= 15 is 0 Å². The van der Waals surface area contributed by atoms with Gasteiger partial charge in [0.15, 0.2) is 0 Å². The molecule has 0 aliphatic carbocycles. The number of carbonyl (C=O) groups excluding carboxylic acids is 1. The molecule has 2 aromatic heterocycles. The van der Waals surface area contributed by atoms with Gasteiger partial charge in [0.25, 0.3) is 5.91 Å². The topological polar surface area (TPSA) is 62.7 Å². The van der Waals surface area contributed by atoms with Gasteiger partial charge < -0.3 is 10.3 Å². The third-order valence-electron chi connectivity index (χ3n) is 3.18. The van der Waals surface area contributed by atoms with Gasteiger partial charge in [-0.05, 0) is 30.3 Å². The number of aryl methyl sites for hydroxylation is 1. The van der Waals surface area contributed by atoms with Gasteiger partial charge >= 0.3 is 0 Å². The zero-order valence-corrected chi connectivity index (χ0v) is 12.4. The molecule has 0 radical (unpaired) electrons. The summed E-state index contributed by atoms with van der Waals surface area (Å²) in [4.78, 5) is 15.2. The summed E-state index contributed by atoms with van der Waals surface area (Å²) in [7, 11) is 1.85. The Kier molecular flexibility index (Phi) is 3.31. The summed E-state index contributed by atoms with van der Waals surface area (Å²) in [6, 6.07) is 9.58. The second-order valence-electron chi connectivity index (χ2n) is 4.54. The van der Waals surface area contributed by atoms with Crippen molar-refractivity contribution in [1.82, 2.24) is 20.1 Å². The van der Waals surface area contributed by atoms with Crippen LogP contribution in [0, 0.1) is 0 Å². The molecule has 0 spiro atoms. The molecule has 1 aromatic carbocycles. The van der Waals surface area contributed by atoms with E-state index in [0.717, 1.165) is 21.1 Å². The Labute approximate surface area is 124 Å². The molecule has 3 aromatic rings. The van der Waals surface area contributed by atoms with Crippen molar-refractivity contribution >= 4 is 32.7 Å². The van der Waals surface area contributed by atoms with E-state index in [9.17, 15) is 4.79 Å². The van der Waals surface area contributed by atoms with Gasteiger partial charge in [0.05, 0.1) is 12.2 Å². The molecular weight excluding hydrogens is 320 g/mol. The van der Waals surface area contributed by atoms with Crippen LogP contribution in [0.15, 0.2) is 41.0 Å². The minimum Gasteiger partial charge on any atom is -0.351 e. The number of benzene rings is 1. The van der Waals surface area contributed by atoms with Crippen LogP contribution in [-0.2, 0) is 13.6 Å². The largest absolute Gasteiger partial charge is 0.351 e. The summed E-state index contributed by atoms with van der Waals surface area (Å²) in [5.41, 5.74) is 2.45. The molecule has 0 saturated carbocycles. The van der Waals surface area contributed by atoms with Crippen molar-refractivity contribution in [3.05, 3.63) is 52.4 Å². The smallest absolute Gasteiger partial charge is 0.268 e. The number of amides is 1. The summed E-state index contributed by atoms with van der Waals surface area (Å²) in [6.07, 6.45) is 1.71. The van der Waals surface area contributed by atoms with E-state index in [4.69, 9.17) is 0 Å². The molecule has 6 heteroatoms. The summed E-state index contributed by atoms with van der Waals surface area (Å²) in [5.74, 6) is -0.126. The molecule has 0 saturated heterocycles. The number of carbonyl (C=O) groups is 1. The van der Waals surface area contributed by atoms with Gasteiger partial charge in [-0.25, -0.2) is 0 Å². The van der Waals surface area contributed by atoms with Crippen molar-refractivity contribution in [2.45, 2.75) is 6.54 Å². The van der Waals surface area contributed by atoms with Crippen LogP contribution in [0.4, 0.5) is 0 Å². The highest BCUT2D eigenvalue weighted by Crippen LogP contribution is 2.20. The van der Waals surface area contributed by atoms with Crippen molar-refractivity contribution in [3.8, 4) is 0 Å². The molecule has 3 rings (SSSR count). The average Bonchev–Trinajstić information content (AvgIpc) is 3.01. The quantitative estimate of drug-likeness (QED) is 0.774. The third-order valence-corrected chi connectivity index (χ3v) is 3.67. The Bertz CT molecular complexity index is 774. The predicted octanol–water partition coefficient (Wildman–Crippen LogP) is 2.59. The molecule has 20 heavy (non-hydrogen) atoms. The lowest BCUT2D eigenvalue weighted by molar-refractivity contribution is 0.0946. The Morgan fingerprint density at radius 3 is 3.00 bits per heavy atom. The number of hydrogen-bond acceptors (Lipinski definition) is 2. The highest BCUT2D eigenvalue weighted by Gasteiger charge is 2.10. The number of rotatable bonds is 3. The predicted molar refractivity (Wildman–Crippen MR) is 80.4 cm³/mol. The van der Waals surface area contributed by atoms with E-state index in [1.807, 2.05) is 37.4 Å². The van der Waals surface area contributed by atoms with Gasteiger partial charge in [-0.3, -0.25) is 9.48 Å². The first-order valence-electron chi connectivity index (χ1n) is 6.17. The molecule has 2 heterocycles. The molecule has 0 fully saturated rings. The molecular formula is C14H13BrN4O. The van der Waals surface area contributed by atoms with Crippen LogP contribution < -0.4 is 5.32 Å². The number of hydrogen-bond donors (Lipinski definition) is 2. The SMILES string of the molecule is Cn1nccc1CNC(=O)c1cc2cc(Br)ccc2[nH]1. The standard InChI is InChI=1S/C14H13BrN4O/c1-19-11(4-5-17-19)8-16-14(20)13-7-9-6-10(15)2-3-12(9)18-13/h2-7,18H,8H2,1H3,(H,16,20). The first-order chi connectivity index (χ1) is 9.63. The zero-order valence-electron chi connectivity index (χ0n) is 10.9. The van der Waals surface area contributed by atoms with Crippen LogP contribution in [-0.4, -0.2) is 20.7 Å². The van der Waals surface area contributed by atoms with E-state index in [1.54, 1.807) is 10.9 Å². The number of H-pyrrole nitrogens is 1. The highest BCUT2D eigenvalue weighted by molar-refractivity contribution is 9.10. The summed E-state index contributed by atoms with van der Waals surface area (Å²) in [6.45, 7) is 0.453. The molecule has 5 nitrogen and oxygen atoms in total.